The van der Waals surface area contributed by atoms with Crippen LogP contribution >= 0.6 is 0 Å². The molecule has 0 saturated carbocycles. The molecule has 0 spiro atoms. The van der Waals surface area contributed by atoms with Gasteiger partial charge in [-0.15, -0.1) is 0 Å². The van der Waals surface area contributed by atoms with Crippen molar-refractivity contribution in [2.45, 2.75) is 44.9 Å². The molecule has 0 bridgehead atoms. The summed E-state index contributed by atoms with van der Waals surface area (Å²) in [6.07, 6.45) is 2.35. The number of piperidine rings is 1. The molecule has 0 radical (unpaired) electrons. The van der Waals surface area contributed by atoms with Crippen LogP contribution in [-0.2, 0) is 45.2 Å². The molecule has 1 fully saturated rings. The van der Waals surface area contributed by atoms with E-state index in [2.05, 4.69) is 20.9 Å². The largest absolute Gasteiger partial charge is 0.350 e. The lowest BCUT2D eigenvalue weighted by molar-refractivity contribution is -0.137. The molecule has 11 heteroatoms. The lowest BCUT2D eigenvalue weighted by atomic mass is 10.0. The highest BCUT2D eigenvalue weighted by atomic mass is 16.2. The standard InChI is InChI=1S/C35H30N6O5/c42-30-14-13-29(34(45)39-30)41-19-23-17-24(11-12-25(23)35(41)46)38-31(43)16-21-7-9-22(10-8-21)18-37-32(44)20-40-28-6-2-1-4-26(28)27-5-3-15-36-33(27)40/h1-12,15,17,29H,13-14,16,18-20H2,(H,37,44)(H,38,43)(H,39,42,45). The molecule has 1 saturated heterocycles. The third-order valence-electron chi connectivity index (χ3n) is 8.51. The highest BCUT2D eigenvalue weighted by molar-refractivity contribution is 6.07. The average molecular weight is 615 g/mol. The molecular weight excluding hydrogens is 584 g/mol. The van der Waals surface area contributed by atoms with Crippen molar-refractivity contribution in [3.05, 3.63) is 107 Å². The first kappa shape index (κ1) is 28.9. The number of nitrogens with one attached hydrogen (secondary N) is 3. The summed E-state index contributed by atoms with van der Waals surface area (Å²) in [5, 5.41) is 10.2. The predicted octanol–water partition coefficient (Wildman–Crippen LogP) is 3.45. The van der Waals surface area contributed by atoms with Gasteiger partial charge in [0.1, 0.15) is 18.2 Å². The maximum atomic E-state index is 12.9. The first-order valence-corrected chi connectivity index (χ1v) is 15.1. The number of carbonyl (C=O) groups is 5. The van der Waals surface area contributed by atoms with Crippen LogP contribution < -0.4 is 16.0 Å². The van der Waals surface area contributed by atoms with Crippen LogP contribution in [0.1, 0.15) is 39.9 Å². The Morgan fingerprint density at radius 2 is 1.67 bits per heavy atom. The minimum Gasteiger partial charge on any atom is -0.350 e. The Morgan fingerprint density at radius 3 is 2.50 bits per heavy atom. The van der Waals surface area contributed by atoms with Crippen molar-refractivity contribution >= 4 is 57.2 Å². The minimum atomic E-state index is -0.690. The molecule has 4 heterocycles. The number of hydrogen-bond acceptors (Lipinski definition) is 6. The third kappa shape index (κ3) is 5.58. The van der Waals surface area contributed by atoms with Crippen molar-refractivity contribution < 1.29 is 24.0 Å². The number of rotatable bonds is 8. The summed E-state index contributed by atoms with van der Waals surface area (Å²) >= 11 is 0. The summed E-state index contributed by atoms with van der Waals surface area (Å²) in [5.41, 5.74) is 5.19. The number of aromatic nitrogens is 2. The molecule has 7 rings (SSSR count). The fraction of sp³-hybridized carbons (Fsp3) is 0.200. The van der Waals surface area contributed by atoms with Crippen molar-refractivity contribution in [3.63, 3.8) is 0 Å². The lowest BCUT2D eigenvalue weighted by Gasteiger charge is -2.29. The van der Waals surface area contributed by atoms with Gasteiger partial charge in [-0.1, -0.05) is 42.5 Å². The van der Waals surface area contributed by atoms with Crippen LogP contribution in [0.3, 0.4) is 0 Å². The van der Waals surface area contributed by atoms with Crippen LogP contribution in [0.4, 0.5) is 5.69 Å². The van der Waals surface area contributed by atoms with Crippen molar-refractivity contribution in [2.75, 3.05) is 5.32 Å². The van der Waals surface area contributed by atoms with E-state index >= 15 is 0 Å². The Labute approximate surface area is 263 Å². The van der Waals surface area contributed by atoms with Crippen LogP contribution in [0.2, 0.25) is 0 Å². The summed E-state index contributed by atoms with van der Waals surface area (Å²) < 4.78 is 1.93. The van der Waals surface area contributed by atoms with Crippen LogP contribution in [0, 0.1) is 0 Å². The number of amides is 5. The molecular formula is C35H30N6O5. The first-order chi connectivity index (χ1) is 22.3. The van der Waals surface area contributed by atoms with Crippen molar-refractivity contribution in [2.24, 2.45) is 0 Å². The van der Waals surface area contributed by atoms with Gasteiger partial charge in [0, 0.05) is 47.7 Å². The quantitative estimate of drug-likeness (QED) is 0.229. The van der Waals surface area contributed by atoms with Gasteiger partial charge in [0.2, 0.25) is 23.6 Å². The lowest BCUT2D eigenvalue weighted by Crippen LogP contribution is -2.52. The second-order valence-electron chi connectivity index (χ2n) is 11.6. The van der Waals surface area contributed by atoms with Gasteiger partial charge in [-0.25, -0.2) is 4.98 Å². The zero-order valence-electron chi connectivity index (χ0n) is 24.8. The van der Waals surface area contributed by atoms with Crippen LogP contribution in [-0.4, -0.2) is 50.0 Å². The number of para-hydroxylation sites is 1. The van der Waals surface area contributed by atoms with Gasteiger partial charge in [0.15, 0.2) is 0 Å². The molecule has 0 aliphatic carbocycles. The summed E-state index contributed by atoms with van der Waals surface area (Å²) in [6.45, 7) is 0.725. The van der Waals surface area contributed by atoms with E-state index in [9.17, 15) is 24.0 Å². The Morgan fingerprint density at radius 1 is 0.891 bits per heavy atom. The van der Waals surface area contributed by atoms with Gasteiger partial charge in [-0.2, -0.15) is 0 Å². The van der Waals surface area contributed by atoms with Gasteiger partial charge >= 0.3 is 0 Å². The molecule has 1 unspecified atom stereocenters. The monoisotopic (exact) mass is 614 g/mol. The molecule has 11 nitrogen and oxygen atoms in total. The summed E-state index contributed by atoms with van der Waals surface area (Å²) in [5.74, 6) is -1.40. The topological polar surface area (TPSA) is 142 Å². The van der Waals surface area contributed by atoms with Crippen LogP contribution in [0.15, 0.2) is 85.1 Å². The van der Waals surface area contributed by atoms with Gasteiger partial charge in [-0.3, -0.25) is 29.3 Å². The van der Waals surface area contributed by atoms with E-state index in [0.717, 1.165) is 33.1 Å². The molecule has 2 aromatic heterocycles. The fourth-order valence-corrected chi connectivity index (χ4v) is 6.25. The van der Waals surface area contributed by atoms with E-state index in [4.69, 9.17) is 0 Å². The van der Waals surface area contributed by atoms with Crippen molar-refractivity contribution in [1.29, 1.82) is 0 Å². The molecule has 5 aromatic rings. The number of nitrogens with zero attached hydrogens (tertiary/aromatic N) is 3. The van der Waals surface area contributed by atoms with E-state index in [1.54, 1.807) is 24.4 Å². The number of pyridine rings is 1. The first-order valence-electron chi connectivity index (χ1n) is 15.1. The van der Waals surface area contributed by atoms with Gasteiger partial charge in [-0.05, 0) is 59.5 Å². The Balaban J connectivity index is 0.928. The molecule has 46 heavy (non-hydrogen) atoms. The van der Waals surface area contributed by atoms with Gasteiger partial charge in [0.05, 0.1) is 11.9 Å². The molecule has 2 aliphatic heterocycles. The third-order valence-corrected chi connectivity index (χ3v) is 8.51. The molecule has 5 amide bonds. The van der Waals surface area contributed by atoms with Gasteiger partial charge < -0.3 is 20.1 Å². The SMILES string of the molecule is O=C(Cn1c2ccccc2c2cccnc21)NCc1ccc(CC(=O)Nc2ccc3c(c2)CN(C2CCC(=O)NC2=O)C3=O)cc1. The molecule has 1 atom stereocenters. The van der Waals surface area contributed by atoms with Crippen molar-refractivity contribution in [3.8, 4) is 0 Å². The number of anilines is 1. The van der Waals surface area contributed by atoms with Crippen LogP contribution in [0.25, 0.3) is 21.9 Å². The maximum Gasteiger partial charge on any atom is 0.255 e. The smallest absolute Gasteiger partial charge is 0.255 e. The Bertz CT molecular complexity index is 2000. The molecule has 3 aromatic carbocycles. The second-order valence-corrected chi connectivity index (χ2v) is 11.6. The maximum absolute atomic E-state index is 12.9. The fourth-order valence-electron chi connectivity index (χ4n) is 6.25. The average Bonchev–Trinajstić information content (AvgIpc) is 3.54. The Hall–Kier alpha value is -5.84. The van der Waals surface area contributed by atoms with E-state index in [-0.39, 0.29) is 49.6 Å². The van der Waals surface area contributed by atoms with Gasteiger partial charge in [0.25, 0.3) is 5.91 Å². The highest BCUT2D eigenvalue weighted by Gasteiger charge is 2.39. The predicted molar refractivity (Wildman–Crippen MR) is 170 cm³/mol. The molecule has 230 valence electrons. The van der Waals surface area contributed by atoms with E-state index in [1.165, 1.54) is 4.90 Å². The molecule has 2 aliphatic rings. The summed E-state index contributed by atoms with van der Waals surface area (Å²) in [7, 11) is 0. The van der Waals surface area contributed by atoms with E-state index in [0.29, 0.717) is 29.8 Å². The number of carbonyl (C=O) groups excluding carboxylic acids is 5. The molecule has 3 N–H and O–H groups in total. The zero-order valence-corrected chi connectivity index (χ0v) is 24.8. The number of imide groups is 1. The second kappa shape index (κ2) is 11.9. The number of benzene rings is 3. The Kier molecular flexibility index (Phi) is 7.49. The van der Waals surface area contributed by atoms with Crippen LogP contribution in [0.5, 0.6) is 0 Å². The van der Waals surface area contributed by atoms with Crippen molar-refractivity contribution in [1.82, 2.24) is 25.1 Å². The summed E-state index contributed by atoms with van der Waals surface area (Å²) in [6, 6.07) is 23.7. The number of fused-ring (bicyclic) bond motifs is 4. The normalized spacial score (nSPS) is 16.0. The van der Waals surface area contributed by atoms with E-state index in [1.807, 2.05) is 65.2 Å². The highest BCUT2D eigenvalue weighted by Crippen LogP contribution is 2.30. The van der Waals surface area contributed by atoms with E-state index < -0.39 is 11.9 Å². The number of hydrogen-bond donors (Lipinski definition) is 3. The summed E-state index contributed by atoms with van der Waals surface area (Å²) in [4.78, 5) is 68.4. The minimum absolute atomic E-state index is 0.131. The zero-order chi connectivity index (χ0) is 31.8.